The Bertz CT molecular complexity index is 205. The van der Waals surface area contributed by atoms with Crippen LogP contribution in [0.15, 0.2) is 0 Å². The summed E-state index contributed by atoms with van der Waals surface area (Å²) < 4.78 is 0. The van der Waals surface area contributed by atoms with Gasteiger partial charge in [0.15, 0.2) is 0 Å². The molecule has 0 unspecified atom stereocenters. The topological polar surface area (TPSA) is 110 Å². The number of hydrogen-bond donors (Lipinski definition) is 2. The molecule has 7 nitrogen and oxygen atoms in total. The van der Waals surface area contributed by atoms with Crippen molar-refractivity contribution in [1.29, 1.82) is 0 Å². The zero-order chi connectivity index (χ0) is 9.89. The molecule has 0 saturated heterocycles. The molecular weight excluding hydrogens is 164 g/mol. The first-order valence-corrected chi connectivity index (χ1v) is 3.02. The van der Waals surface area contributed by atoms with E-state index in [1.165, 1.54) is 0 Å². The van der Waals surface area contributed by atoms with Crippen LogP contribution in [0.1, 0.15) is 13.8 Å². The molecule has 0 fully saturated rings. The van der Waals surface area contributed by atoms with E-state index in [0.29, 0.717) is 0 Å². The summed E-state index contributed by atoms with van der Waals surface area (Å²) >= 11 is 0. The van der Waals surface area contributed by atoms with Gasteiger partial charge < -0.3 is 0 Å². The zero-order valence-electron chi connectivity index (χ0n) is 6.77. The van der Waals surface area contributed by atoms with Crippen molar-refractivity contribution in [1.82, 2.24) is 10.0 Å². The fourth-order valence-electron chi connectivity index (χ4n) is 0.385. The van der Waals surface area contributed by atoms with Gasteiger partial charge in [0.25, 0.3) is 0 Å². The first kappa shape index (κ1) is 10.5. The second-order valence-electron chi connectivity index (χ2n) is 2.06. The highest BCUT2D eigenvalue weighted by Crippen LogP contribution is 1.89. The van der Waals surface area contributed by atoms with Crippen molar-refractivity contribution in [2.24, 2.45) is 11.7 Å². The Kier molecular flexibility index (Phi) is 3.32. The molecule has 12 heavy (non-hydrogen) atoms. The Hall–Kier alpha value is -1.47. The molecule has 0 aliphatic rings. The molecule has 0 saturated carbocycles. The van der Waals surface area contributed by atoms with Crippen molar-refractivity contribution in [3.63, 3.8) is 0 Å². The molecule has 0 aliphatic carbocycles. The fraction of sp³-hybridized carbons (Fsp3) is 0.400. The monoisotopic (exact) mass is 174 g/mol. The summed E-state index contributed by atoms with van der Waals surface area (Å²) in [5.41, 5.74) is 0. The van der Waals surface area contributed by atoms with Gasteiger partial charge in [-0.1, -0.05) is 0 Å². The molecule has 0 aromatic heterocycles. The van der Waals surface area contributed by atoms with Crippen LogP contribution < -0.4 is 11.7 Å². The minimum Gasteiger partial charge on any atom is -0.273 e. The van der Waals surface area contributed by atoms with Crippen LogP contribution in [0.5, 0.6) is 0 Å². The number of amides is 4. The van der Waals surface area contributed by atoms with E-state index in [0.717, 1.165) is 13.8 Å². The summed E-state index contributed by atoms with van der Waals surface area (Å²) in [6, 6.07) is -1.06. The second kappa shape index (κ2) is 3.79. The number of carbonyl (C=O) groups excluding carboxylic acids is 3. The quantitative estimate of drug-likeness (QED) is 0.265. The first-order chi connectivity index (χ1) is 5.37. The summed E-state index contributed by atoms with van der Waals surface area (Å²) in [6.07, 6.45) is 0. The van der Waals surface area contributed by atoms with Gasteiger partial charge >= 0.3 is 6.03 Å². The largest absolute Gasteiger partial charge is 0.362 e. The summed E-state index contributed by atoms with van der Waals surface area (Å²) in [6.45, 7) is 2.15. The predicted octanol–water partition coefficient (Wildman–Crippen LogP) is -1.45. The number of carbonyl (C=O) groups is 3. The van der Waals surface area contributed by atoms with Crippen LogP contribution in [0.2, 0.25) is 0 Å². The average Bonchev–Trinajstić information content (AvgIpc) is 2.00. The third-order valence-corrected chi connectivity index (χ3v) is 1.09. The number of nitrogens with zero attached hydrogens (tertiary/aromatic N) is 2. The Balaban J connectivity index is 4.39. The molecule has 0 aromatic carbocycles. The number of hydrazine groups is 2. The lowest BCUT2D eigenvalue weighted by molar-refractivity contribution is -0.129. The van der Waals surface area contributed by atoms with Crippen LogP contribution in [-0.4, -0.2) is 27.9 Å². The highest BCUT2D eigenvalue weighted by Gasteiger charge is 2.21. The molecule has 0 heterocycles. The summed E-state index contributed by atoms with van der Waals surface area (Å²) in [5, 5.41) is 0.503. The number of imide groups is 2. The summed E-state index contributed by atoms with van der Waals surface area (Å²) in [4.78, 5) is 31.9. The number of hydrogen-bond acceptors (Lipinski definition) is 5. The molecule has 0 aliphatic heterocycles. The van der Waals surface area contributed by atoms with E-state index in [4.69, 9.17) is 11.7 Å². The Morgan fingerprint density at radius 3 is 1.33 bits per heavy atom. The van der Waals surface area contributed by atoms with Gasteiger partial charge in [-0.25, -0.2) is 16.5 Å². The summed E-state index contributed by atoms with van der Waals surface area (Å²) in [5.74, 6) is 8.52. The lowest BCUT2D eigenvalue weighted by Gasteiger charge is -2.18. The van der Waals surface area contributed by atoms with E-state index in [2.05, 4.69) is 0 Å². The molecule has 0 atom stereocenters. The van der Waals surface area contributed by atoms with Crippen molar-refractivity contribution in [2.45, 2.75) is 13.8 Å². The van der Waals surface area contributed by atoms with Crippen molar-refractivity contribution in [3.8, 4) is 0 Å². The molecule has 0 bridgehead atoms. The highest BCUT2D eigenvalue weighted by atomic mass is 16.2. The third-order valence-electron chi connectivity index (χ3n) is 1.09. The van der Waals surface area contributed by atoms with E-state index >= 15 is 0 Å². The lowest BCUT2D eigenvalue weighted by Crippen LogP contribution is -2.53. The molecule has 4 amide bonds. The van der Waals surface area contributed by atoms with E-state index in [1.54, 1.807) is 0 Å². The second-order valence-corrected chi connectivity index (χ2v) is 2.06. The van der Waals surface area contributed by atoms with E-state index in [1.807, 2.05) is 0 Å². The molecule has 4 N–H and O–H groups in total. The van der Waals surface area contributed by atoms with Crippen LogP contribution in [0.3, 0.4) is 0 Å². The molecule has 0 spiro atoms. The van der Waals surface area contributed by atoms with Crippen molar-refractivity contribution >= 4 is 17.8 Å². The van der Waals surface area contributed by atoms with Crippen LogP contribution in [0.25, 0.3) is 0 Å². The Labute approximate surface area is 68.8 Å². The van der Waals surface area contributed by atoms with Crippen molar-refractivity contribution in [3.05, 3.63) is 0 Å². The lowest BCUT2D eigenvalue weighted by atomic mass is 10.6. The van der Waals surface area contributed by atoms with Crippen molar-refractivity contribution < 1.29 is 14.4 Å². The highest BCUT2D eigenvalue weighted by molar-refractivity contribution is 5.99. The smallest absolute Gasteiger partial charge is 0.273 e. The molecule has 7 heteroatoms. The molecular formula is C5H10N4O3. The fourth-order valence-corrected chi connectivity index (χ4v) is 0.385. The Morgan fingerprint density at radius 1 is 0.917 bits per heavy atom. The molecule has 0 rings (SSSR count). The predicted molar refractivity (Wildman–Crippen MR) is 38.8 cm³/mol. The van der Waals surface area contributed by atoms with Crippen LogP contribution in [-0.2, 0) is 9.59 Å². The average molecular weight is 174 g/mol. The molecule has 68 valence electrons. The number of urea groups is 1. The Morgan fingerprint density at radius 2 is 1.17 bits per heavy atom. The maximum absolute atomic E-state index is 10.9. The van der Waals surface area contributed by atoms with E-state index in [9.17, 15) is 14.4 Å². The van der Waals surface area contributed by atoms with Gasteiger partial charge in [0.1, 0.15) is 0 Å². The van der Waals surface area contributed by atoms with Gasteiger partial charge in [0.2, 0.25) is 11.8 Å². The van der Waals surface area contributed by atoms with Crippen LogP contribution in [0, 0.1) is 0 Å². The van der Waals surface area contributed by atoms with Gasteiger partial charge in [-0.2, -0.15) is 10.0 Å². The minimum absolute atomic E-state index is 0.251. The maximum Gasteiger partial charge on any atom is 0.362 e. The number of nitrogens with two attached hydrogens (primary N) is 2. The molecule has 0 aromatic rings. The van der Waals surface area contributed by atoms with Crippen LogP contribution in [0.4, 0.5) is 4.79 Å². The summed E-state index contributed by atoms with van der Waals surface area (Å²) in [7, 11) is 0. The van der Waals surface area contributed by atoms with Gasteiger partial charge in [-0.15, -0.1) is 0 Å². The van der Waals surface area contributed by atoms with Crippen LogP contribution >= 0.6 is 0 Å². The van der Waals surface area contributed by atoms with E-state index < -0.39 is 17.8 Å². The van der Waals surface area contributed by atoms with Gasteiger partial charge in [0.05, 0.1) is 0 Å². The normalized spacial score (nSPS) is 9.00. The number of rotatable bonds is 0. The van der Waals surface area contributed by atoms with Crippen molar-refractivity contribution in [2.75, 3.05) is 0 Å². The zero-order valence-corrected chi connectivity index (χ0v) is 6.77. The third kappa shape index (κ3) is 2.29. The van der Waals surface area contributed by atoms with E-state index in [-0.39, 0.29) is 10.0 Å². The minimum atomic E-state index is -1.06. The molecule has 0 radical (unpaired) electrons. The van der Waals surface area contributed by atoms with Gasteiger partial charge in [-0.05, 0) is 0 Å². The van der Waals surface area contributed by atoms with Gasteiger partial charge in [0, 0.05) is 13.8 Å². The first-order valence-electron chi connectivity index (χ1n) is 3.02. The maximum atomic E-state index is 10.9. The SMILES string of the molecule is CC(=O)N(N)C(=O)N(N)C(C)=O. The standard InChI is InChI=1S/C5H10N4O3/c1-3(10)8(6)5(12)9(7)4(2)11/h6-7H2,1-2H3. The van der Waals surface area contributed by atoms with Gasteiger partial charge in [-0.3, -0.25) is 9.59 Å².